The summed E-state index contributed by atoms with van der Waals surface area (Å²) in [6, 6.07) is 11.9. The zero-order chi connectivity index (χ0) is 22.1. The van der Waals surface area contributed by atoms with Crippen molar-refractivity contribution in [2.24, 2.45) is 5.41 Å². The van der Waals surface area contributed by atoms with Crippen LogP contribution in [0, 0.1) is 5.41 Å². The molecule has 2 atom stereocenters. The maximum Gasteiger partial charge on any atom is 0.325 e. The van der Waals surface area contributed by atoms with Crippen LogP contribution in [0.4, 0.5) is 0 Å². The number of esters is 2. The molecule has 0 heterocycles. The predicted octanol–water partition coefficient (Wildman–Crippen LogP) is 4.05. The molecule has 30 heavy (non-hydrogen) atoms. The van der Waals surface area contributed by atoms with Crippen molar-refractivity contribution in [3.63, 3.8) is 0 Å². The van der Waals surface area contributed by atoms with E-state index < -0.39 is 38.4 Å². The third-order valence-corrected chi connectivity index (χ3v) is 7.81. The van der Waals surface area contributed by atoms with Crippen LogP contribution in [0.2, 0.25) is 10.0 Å². The normalized spacial score (nSPS) is 19.7. The van der Waals surface area contributed by atoms with Gasteiger partial charge in [0.2, 0.25) is 0 Å². The molecule has 2 aromatic carbocycles. The summed E-state index contributed by atoms with van der Waals surface area (Å²) in [4.78, 5) is 26.0. The lowest BCUT2D eigenvalue weighted by molar-refractivity contribution is -0.164. The van der Waals surface area contributed by atoms with Crippen molar-refractivity contribution in [3.05, 3.63) is 64.1 Å². The number of hydrogen-bond acceptors (Lipinski definition) is 6. The summed E-state index contributed by atoms with van der Waals surface area (Å²) in [5.74, 6) is -2.83. The van der Waals surface area contributed by atoms with Gasteiger partial charge >= 0.3 is 11.9 Å². The summed E-state index contributed by atoms with van der Waals surface area (Å²) >= 11 is 11.8. The predicted molar refractivity (Wildman–Crippen MR) is 112 cm³/mol. The Labute approximate surface area is 185 Å². The molecule has 0 aromatic heterocycles. The van der Waals surface area contributed by atoms with Crippen LogP contribution in [0.3, 0.4) is 0 Å². The summed E-state index contributed by atoms with van der Waals surface area (Å²) in [7, 11) is -4.12. The van der Waals surface area contributed by atoms with Crippen molar-refractivity contribution in [1.29, 1.82) is 0 Å². The molecule has 0 aliphatic heterocycles. The van der Waals surface area contributed by atoms with Crippen molar-refractivity contribution in [2.45, 2.75) is 29.9 Å². The second kappa shape index (κ2) is 8.57. The molecule has 1 fully saturated rings. The fraction of sp³-hybridized carbons (Fsp3) is 0.333. The Balaban J connectivity index is 2.19. The van der Waals surface area contributed by atoms with Gasteiger partial charge in [-0.3, -0.25) is 9.59 Å². The first-order valence-corrected chi connectivity index (χ1v) is 11.6. The van der Waals surface area contributed by atoms with E-state index in [1.165, 1.54) is 24.3 Å². The molecule has 9 heteroatoms. The highest BCUT2D eigenvalue weighted by Crippen LogP contribution is 2.65. The Morgan fingerprint density at radius 2 is 1.30 bits per heavy atom. The van der Waals surface area contributed by atoms with Gasteiger partial charge in [0.25, 0.3) is 0 Å². The highest BCUT2D eigenvalue weighted by atomic mass is 35.5. The van der Waals surface area contributed by atoms with E-state index in [2.05, 4.69) is 0 Å². The third-order valence-electron chi connectivity index (χ3n) is 5.06. The van der Waals surface area contributed by atoms with Gasteiger partial charge < -0.3 is 9.47 Å². The molecule has 1 aliphatic rings. The Bertz CT molecular complexity index is 1030. The molecule has 0 N–H and O–H groups in total. The van der Waals surface area contributed by atoms with Gasteiger partial charge in [0.1, 0.15) is 5.25 Å². The van der Waals surface area contributed by atoms with Crippen LogP contribution >= 0.6 is 23.2 Å². The molecule has 160 valence electrons. The molecule has 1 aliphatic carbocycles. The monoisotopic (exact) mass is 470 g/mol. The SMILES string of the molecule is CCOC(=O)C1(C(=O)OCC)[C@H](c2ccc(Cl)cc2)[C@H]1S(=O)(=O)c1ccc(Cl)cc1. The Kier molecular flexibility index (Phi) is 6.45. The molecule has 0 spiro atoms. The minimum Gasteiger partial charge on any atom is -0.465 e. The molecule has 0 unspecified atom stereocenters. The van der Waals surface area contributed by atoms with Gasteiger partial charge in [-0.25, -0.2) is 8.42 Å². The van der Waals surface area contributed by atoms with E-state index in [-0.39, 0.29) is 18.1 Å². The second-order valence-corrected chi connectivity index (χ2v) is 9.70. The van der Waals surface area contributed by atoms with Crippen molar-refractivity contribution in [1.82, 2.24) is 0 Å². The summed E-state index contributed by atoms with van der Waals surface area (Å²) < 4.78 is 37.3. The van der Waals surface area contributed by atoms with Gasteiger partial charge in [0.15, 0.2) is 15.3 Å². The number of hydrogen-bond donors (Lipinski definition) is 0. The molecule has 0 saturated heterocycles. The zero-order valence-electron chi connectivity index (χ0n) is 16.3. The highest BCUT2D eigenvalue weighted by Gasteiger charge is 2.81. The van der Waals surface area contributed by atoms with Crippen molar-refractivity contribution >= 4 is 45.0 Å². The van der Waals surface area contributed by atoms with Crippen LogP contribution in [-0.2, 0) is 28.9 Å². The maximum absolute atomic E-state index is 13.5. The molecule has 2 aromatic rings. The molecule has 6 nitrogen and oxygen atoms in total. The molecule has 1 saturated carbocycles. The molecule has 0 radical (unpaired) electrons. The minimum atomic E-state index is -4.12. The number of benzene rings is 2. The van der Waals surface area contributed by atoms with E-state index in [9.17, 15) is 18.0 Å². The fourth-order valence-corrected chi connectivity index (χ4v) is 6.27. The molecular formula is C21H20Cl2O6S. The average Bonchev–Trinajstić information content (AvgIpc) is 3.42. The van der Waals surface area contributed by atoms with Crippen LogP contribution in [-0.4, -0.2) is 38.8 Å². The van der Waals surface area contributed by atoms with Gasteiger partial charge in [0.05, 0.1) is 18.1 Å². The Hall–Kier alpha value is -2.09. The number of rotatable bonds is 7. The number of halogens is 2. The summed E-state index contributed by atoms with van der Waals surface area (Å²) in [5.41, 5.74) is -1.53. The van der Waals surface area contributed by atoms with E-state index in [0.29, 0.717) is 15.6 Å². The van der Waals surface area contributed by atoms with Gasteiger partial charge in [-0.1, -0.05) is 35.3 Å². The second-order valence-electron chi connectivity index (χ2n) is 6.76. The van der Waals surface area contributed by atoms with Gasteiger partial charge in [-0.2, -0.15) is 0 Å². The molecule has 0 bridgehead atoms. The van der Waals surface area contributed by atoms with E-state index in [4.69, 9.17) is 32.7 Å². The summed E-state index contributed by atoms with van der Waals surface area (Å²) in [6.45, 7) is 3.14. The van der Waals surface area contributed by atoms with E-state index in [0.717, 1.165) is 0 Å². The molecular weight excluding hydrogens is 451 g/mol. The lowest BCUT2D eigenvalue weighted by Gasteiger charge is -2.15. The number of sulfone groups is 1. The Morgan fingerprint density at radius 1 is 0.867 bits per heavy atom. The van der Waals surface area contributed by atoms with Crippen LogP contribution in [0.15, 0.2) is 53.4 Å². The lowest BCUT2D eigenvalue weighted by atomic mass is 9.99. The molecule has 3 rings (SSSR count). The van der Waals surface area contributed by atoms with E-state index in [1.54, 1.807) is 38.1 Å². The van der Waals surface area contributed by atoms with Gasteiger partial charge in [0, 0.05) is 16.0 Å². The first-order valence-electron chi connectivity index (χ1n) is 9.30. The van der Waals surface area contributed by atoms with Crippen LogP contribution in [0.1, 0.15) is 25.3 Å². The fourth-order valence-electron chi connectivity index (χ4n) is 3.73. The number of carbonyl (C=O) groups is 2. The largest absolute Gasteiger partial charge is 0.465 e. The average molecular weight is 471 g/mol. The summed E-state index contributed by atoms with van der Waals surface area (Å²) in [6.07, 6.45) is 0. The van der Waals surface area contributed by atoms with Gasteiger partial charge in [-0.15, -0.1) is 0 Å². The minimum absolute atomic E-state index is 0.0129. The first kappa shape index (κ1) is 22.6. The number of carbonyl (C=O) groups excluding carboxylic acids is 2. The third kappa shape index (κ3) is 3.70. The lowest BCUT2D eigenvalue weighted by Crippen LogP contribution is -2.35. The topological polar surface area (TPSA) is 86.7 Å². The van der Waals surface area contributed by atoms with E-state index >= 15 is 0 Å². The highest BCUT2D eigenvalue weighted by molar-refractivity contribution is 7.92. The van der Waals surface area contributed by atoms with E-state index in [1.807, 2.05) is 0 Å². The smallest absolute Gasteiger partial charge is 0.325 e. The van der Waals surface area contributed by atoms with Crippen molar-refractivity contribution < 1.29 is 27.5 Å². The quantitative estimate of drug-likeness (QED) is 0.448. The zero-order valence-corrected chi connectivity index (χ0v) is 18.6. The van der Waals surface area contributed by atoms with Crippen LogP contribution < -0.4 is 0 Å². The Morgan fingerprint density at radius 3 is 1.73 bits per heavy atom. The standard InChI is InChI=1S/C21H20Cl2O6S/c1-3-28-19(24)21(20(25)29-4-2)17(13-5-7-14(22)8-6-13)18(21)30(26,27)16-11-9-15(23)10-12-16/h5-12,17-18H,3-4H2,1-2H3/t17-,18-/m1/s1. The van der Waals surface area contributed by atoms with Crippen molar-refractivity contribution in [3.8, 4) is 0 Å². The molecule has 0 amide bonds. The number of ether oxygens (including phenoxy) is 2. The van der Waals surface area contributed by atoms with Crippen LogP contribution in [0.25, 0.3) is 0 Å². The van der Waals surface area contributed by atoms with Crippen molar-refractivity contribution in [2.75, 3.05) is 13.2 Å². The van der Waals surface area contributed by atoms with Gasteiger partial charge in [-0.05, 0) is 55.8 Å². The summed E-state index contributed by atoms with van der Waals surface area (Å²) in [5, 5.41) is -0.583. The maximum atomic E-state index is 13.5. The van der Waals surface area contributed by atoms with Crippen LogP contribution in [0.5, 0.6) is 0 Å². The first-order chi connectivity index (χ1) is 14.2.